The number of ketones is 1. The monoisotopic (exact) mass is 273 g/mol. The molecule has 1 atom stereocenters. The lowest BCUT2D eigenvalue weighted by atomic mass is 9.88. The van der Waals surface area contributed by atoms with Crippen LogP contribution in [0.15, 0.2) is 24.8 Å². The first-order valence-electron chi connectivity index (χ1n) is 6.57. The third kappa shape index (κ3) is 2.06. The van der Waals surface area contributed by atoms with Crippen LogP contribution >= 0.6 is 0 Å². The molecule has 1 amide bonds. The highest BCUT2D eigenvalue weighted by atomic mass is 16.3. The molecule has 106 valence electrons. The summed E-state index contributed by atoms with van der Waals surface area (Å²) in [7, 11) is 0. The topological polar surface area (TPSA) is 57.6 Å². The molecule has 1 aliphatic heterocycles. The van der Waals surface area contributed by atoms with E-state index in [2.05, 4.69) is 6.58 Å². The second kappa shape index (κ2) is 4.87. The highest BCUT2D eigenvalue weighted by Gasteiger charge is 2.50. The van der Waals surface area contributed by atoms with Gasteiger partial charge >= 0.3 is 0 Å². The standard InChI is InChI=1S/C16H19NO3/c1-5-6-17-14-11(3)7-10(2)8-13(14)16(20,15(17)19)9-12(4)18/h5,7-8,20H,1,6,9H2,2-4H3. The van der Waals surface area contributed by atoms with Crippen LogP contribution in [-0.4, -0.2) is 23.3 Å². The number of rotatable bonds is 4. The van der Waals surface area contributed by atoms with Crippen molar-refractivity contribution in [2.24, 2.45) is 0 Å². The normalized spacial score (nSPS) is 21.0. The van der Waals surface area contributed by atoms with Crippen LogP contribution in [0.25, 0.3) is 0 Å². The predicted molar refractivity (Wildman–Crippen MR) is 77.7 cm³/mol. The Labute approximate surface area is 118 Å². The van der Waals surface area contributed by atoms with Gasteiger partial charge < -0.3 is 10.0 Å². The van der Waals surface area contributed by atoms with Crippen LogP contribution in [0.2, 0.25) is 0 Å². The van der Waals surface area contributed by atoms with Crippen LogP contribution < -0.4 is 4.90 Å². The van der Waals surface area contributed by atoms with Gasteiger partial charge in [0, 0.05) is 18.5 Å². The minimum absolute atomic E-state index is 0.199. The molecule has 0 saturated carbocycles. The van der Waals surface area contributed by atoms with Gasteiger partial charge in [-0.05, 0) is 26.3 Å². The van der Waals surface area contributed by atoms with E-state index in [1.54, 1.807) is 12.1 Å². The SMILES string of the molecule is C=CCN1C(=O)C(O)(CC(C)=O)c2cc(C)cc(C)c21. The summed E-state index contributed by atoms with van der Waals surface area (Å²) >= 11 is 0. The van der Waals surface area contributed by atoms with Crippen molar-refractivity contribution in [2.75, 3.05) is 11.4 Å². The van der Waals surface area contributed by atoms with Gasteiger partial charge in [0.2, 0.25) is 0 Å². The number of Topliss-reactive ketones (excluding diaryl/α,β-unsaturated/α-hetero) is 1. The number of carbonyl (C=O) groups is 2. The molecule has 0 aromatic heterocycles. The van der Waals surface area contributed by atoms with Gasteiger partial charge in [-0.25, -0.2) is 0 Å². The number of carbonyl (C=O) groups excluding carboxylic acids is 2. The minimum Gasteiger partial charge on any atom is -0.375 e. The number of hydrogen-bond donors (Lipinski definition) is 1. The molecule has 1 N–H and O–H groups in total. The molecule has 0 bridgehead atoms. The lowest BCUT2D eigenvalue weighted by molar-refractivity contribution is -0.141. The van der Waals surface area contributed by atoms with Gasteiger partial charge in [0.15, 0.2) is 5.60 Å². The number of aryl methyl sites for hydroxylation is 2. The molecule has 2 rings (SSSR count). The van der Waals surface area contributed by atoms with E-state index in [-0.39, 0.29) is 12.2 Å². The van der Waals surface area contributed by atoms with Gasteiger partial charge in [-0.3, -0.25) is 9.59 Å². The van der Waals surface area contributed by atoms with Crippen molar-refractivity contribution in [3.05, 3.63) is 41.5 Å². The summed E-state index contributed by atoms with van der Waals surface area (Å²) in [5.74, 6) is -0.664. The van der Waals surface area contributed by atoms with Crippen molar-refractivity contribution in [3.63, 3.8) is 0 Å². The molecule has 1 aromatic carbocycles. The summed E-state index contributed by atoms with van der Waals surface area (Å²) in [6, 6.07) is 3.74. The van der Waals surface area contributed by atoms with Gasteiger partial charge in [0.05, 0.1) is 5.69 Å². The second-order valence-corrected chi connectivity index (χ2v) is 5.42. The number of benzene rings is 1. The molecule has 4 heteroatoms. The number of fused-ring (bicyclic) bond motifs is 1. The lowest BCUT2D eigenvalue weighted by Gasteiger charge is -2.21. The van der Waals surface area contributed by atoms with Crippen LogP contribution in [-0.2, 0) is 15.2 Å². The van der Waals surface area contributed by atoms with E-state index in [0.29, 0.717) is 17.8 Å². The first-order valence-corrected chi connectivity index (χ1v) is 6.57. The van der Waals surface area contributed by atoms with Gasteiger partial charge in [-0.15, -0.1) is 6.58 Å². The molecule has 1 heterocycles. The fraction of sp³-hybridized carbons (Fsp3) is 0.375. The second-order valence-electron chi connectivity index (χ2n) is 5.42. The van der Waals surface area contributed by atoms with Gasteiger partial charge in [0.25, 0.3) is 5.91 Å². The highest BCUT2D eigenvalue weighted by molar-refractivity contribution is 6.09. The summed E-state index contributed by atoms with van der Waals surface area (Å²) in [6.45, 7) is 9.14. The third-order valence-electron chi connectivity index (χ3n) is 3.58. The molecule has 1 aromatic rings. The molecule has 0 aliphatic carbocycles. The van der Waals surface area contributed by atoms with E-state index < -0.39 is 11.5 Å². The smallest absolute Gasteiger partial charge is 0.264 e. The van der Waals surface area contributed by atoms with Crippen LogP contribution in [0.4, 0.5) is 5.69 Å². The van der Waals surface area contributed by atoms with Crippen LogP contribution in [0, 0.1) is 13.8 Å². The average molecular weight is 273 g/mol. The summed E-state index contributed by atoms with van der Waals surface area (Å²) in [5.41, 5.74) is 1.34. The molecule has 1 aliphatic rings. The highest BCUT2D eigenvalue weighted by Crippen LogP contribution is 2.44. The fourth-order valence-corrected chi connectivity index (χ4v) is 2.91. The van der Waals surface area contributed by atoms with E-state index in [1.165, 1.54) is 11.8 Å². The zero-order chi connectivity index (χ0) is 15.1. The van der Waals surface area contributed by atoms with E-state index in [1.807, 2.05) is 19.9 Å². The Balaban J connectivity index is 2.68. The number of aliphatic hydroxyl groups is 1. The number of anilines is 1. The first-order chi connectivity index (χ1) is 9.31. The van der Waals surface area contributed by atoms with Gasteiger partial charge in [-0.1, -0.05) is 23.8 Å². The third-order valence-corrected chi connectivity index (χ3v) is 3.58. The van der Waals surface area contributed by atoms with E-state index in [0.717, 1.165) is 11.1 Å². The zero-order valence-corrected chi connectivity index (χ0v) is 12.1. The largest absolute Gasteiger partial charge is 0.375 e. The molecular formula is C16H19NO3. The Hall–Kier alpha value is -1.94. The van der Waals surface area contributed by atoms with Crippen molar-refractivity contribution >= 4 is 17.4 Å². The first kappa shape index (κ1) is 14.5. The fourth-order valence-electron chi connectivity index (χ4n) is 2.91. The maximum atomic E-state index is 12.5. The average Bonchev–Trinajstić information content (AvgIpc) is 2.52. The summed E-state index contributed by atoms with van der Waals surface area (Å²) in [4.78, 5) is 25.5. The van der Waals surface area contributed by atoms with Gasteiger partial charge in [-0.2, -0.15) is 0 Å². The summed E-state index contributed by atoms with van der Waals surface area (Å²) in [6.07, 6.45) is 1.41. The Bertz CT molecular complexity index is 606. The van der Waals surface area contributed by atoms with Crippen LogP contribution in [0.5, 0.6) is 0 Å². The van der Waals surface area contributed by atoms with Gasteiger partial charge in [0.1, 0.15) is 5.78 Å². The van der Waals surface area contributed by atoms with Crippen molar-refractivity contribution in [2.45, 2.75) is 32.8 Å². The van der Waals surface area contributed by atoms with E-state index in [4.69, 9.17) is 0 Å². The molecule has 20 heavy (non-hydrogen) atoms. The molecular weight excluding hydrogens is 254 g/mol. The molecule has 0 spiro atoms. The quantitative estimate of drug-likeness (QED) is 0.854. The molecule has 0 saturated heterocycles. The van der Waals surface area contributed by atoms with E-state index >= 15 is 0 Å². The molecule has 0 fully saturated rings. The van der Waals surface area contributed by atoms with Crippen LogP contribution in [0.3, 0.4) is 0 Å². The summed E-state index contributed by atoms with van der Waals surface area (Å²) in [5, 5.41) is 10.8. The predicted octanol–water partition coefficient (Wildman–Crippen LogP) is 2.00. The maximum Gasteiger partial charge on any atom is 0.264 e. The minimum atomic E-state index is -1.75. The Morgan fingerprint density at radius 1 is 1.45 bits per heavy atom. The molecule has 0 radical (unpaired) electrons. The van der Waals surface area contributed by atoms with Crippen molar-refractivity contribution < 1.29 is 14.7 Å². The number of amides is 1. The Morgan fingerprint density at radius 2 is 2.10 bits per heavy atom. The lowest BCUT2D eigenvalue weighted by Crippen LogP contribution is -2.41. The summed E-state index contributed by atoms with van der Waals surface area (Å²) < 4.78 is 0. The maximum absolute atomic E-state index is 12.5. The Kier molecular flexibility index (Phi) is 3.52. The number of hydrogen-bond acceptors (Lipinski definition) is 3. The molecule has 1 unspecified atom stereocenters. The van der Waals surface area contributed by atoms with Crippen molar-refractivity contribution in [1.29, 1.82) is 0 Å². The molecule has 4 nitrogen and oxygen atoms in total. The Morgan fingerprint density at radius 3 is 2.65 bits per heavy atom. The van der Waals surface area contributed by atoms with Crippen molar-refractivity contribution in [1.82, 2.24) is 0 Å². The van der Waals surface area contributed by atoms with Crippen LogP contribution in [0.1, 0.15) is 30.0 Å². The number of nitrogens with zero attached hydrogens (tertiary/aromatic N) is 1. The zero-order valence-electron chi connectivity index (χ0n) is 12.1. The van der Waals surface area contributed by atoms with E-state index in [9.17, 15) is 14.7 Å². The van der Waals surface area contributed by atoms with Crippen molar-refractivity contribution in [3.8, 4) is 0 Å².